The smallest absolute Gasteiger partial charge is 0.328 e. The monoisotopic (exact) mass is 791 g/mol. The molecule has 57 heavy (non-hydrogen) atoms. The van der Waals surface area contributed by atoms with E-state index in [4.69, 9.17) is 21.6 Å². The van der Waals surface area contributed by atoms with E-state index in [1.54, 1.807) is 29.2 Å². The number of ether oxygens (including phenoxy) is 1. The van der Waals surface area contributed by atoms with Crippen molar-refractivity contribution >= 4 is 51.9 Å². The molecular weight excluding hydrogens is 742 g/mol. The number of hydrogen-bond acceptors (Lipinski definition) is 9. The molecule has 3 aliphatic heterocycles. The number of hydrogen-bond donors (Lipinski definition) is 2. The molecule has 14 heteroatoms. The highest BCUT2D eigenvalue weighted by Crippen LogP contribution is 2.36. The number of aromatic nitrogens is 3. The fourth-order valence-electron chi connectivity index (χ4n) is 9.16. The molecule has 0 spiro atoms. The normalized spacial score (nSPS) is 21.9. The third-order valence-corrected chi connectivity index (χ3v) is 12.9. The Bertz CT molecular complexity index is 2130. The fourth-order valence-corrected chi connectivity index (χ4v) is 9.38. The van der Waals surface area contributed by atoms with Gasteiger partial charge in [-0.3, -0.25) is 19.8 Å². The van der Waals surface area contributed by atoms with Crippen molar-refractivity contribution < 1.29 is 19.1 Å². The minimum absolute atomic E-state index is 0.0359. The molecule has 2 N–H and O–H groups in total. The van der Waals surface area contributed by atoms with Gasteiger partial charge in [0, 0.05) is 62.3 Å². The van der Waals surface area contributed by atoms with Gasteiger partial charge in [-0.05, 0) is 126 Å². The number of rotatable bonds is 10. The van der Waals surface area contributed by atoms with Gasteiger partial charge in [-0.2, -0.15) is 5.26 Å². The van der Waals surface area contributed by atoms with E-state index in [9.17, 15) is 14.4 Å². The maximum Gasteiger partial charge on any atom is 0.328 e. The van der Waals surface area contributed by atoms with Gasteiger partial charge in [0.25, 0.3) is 5.91 Å². The number of carbonyl (C=O) groups excluding carboxylic acids is 3. The Morgan fingerprint density at radius 2 is 1.75 bits per heavy atom. The Morgan fingerprint density at radius 1 is 0.965 bits per heavy atom. The molecule has 4 amide bonds. The lowest BCUT2D eigenvalue weighted by Crippen LogP contribution is -2.49. The van der Waals surface area contributed by atoms with Crippen molar-refractivity contribution in [1.29, 1.82) is 5.26 Å². The maximum atomic E-state index is 13.0. The molecule has 1 atom stereocenters. The van der Waals surface area contributed by atoms with E-state index in [2.05, 4.69) is 66.5 Å². The molecule has 1 unspecified atom stereocenters. The van der Waals surface area contributed by atoms with Crippen molar-refractivity contribution in [3.05, 3.63) is 77.1 Å². The van der Waals surface area contributed by atoms with Gasteiger partial charge in [0.2, 0.25) is 5.91 Å². The first-order valence-corrected chi connectivity index (χ1v) is 20.8. The lowest BCUT2D eigenvalue weighted by Gasteiger charge is -2.39. The standard InChI is InChI=1S/C43H50ClN9O4/c1-28(52-23-17-35-38(52)3-2-4-39(35)53-24-18-41(54)47-43(53)56)30-15-19-50(20-16-30)27-29-13-21-51(22-14-29)40-12-11-37(48-49-40)42(55)46-32-6-9-33(10-7-32)57-34-8-5-31(26-45)36(44)25-34/h2-5,8,11-12,17,23,25,28-30,32-33H,6-7,9-10,13-16,18-22,24,27H2,1H3,(H,46,55)(H,47,54,56)/t28?,32-,33-. The Balaban J connectivity index is 0.755. The van der Waals surface area contributed by atoms with Gasteiger partial charge in [-0.15, -0.1) is 10.2 Å². The molecule has 4 fully saturated rings. The number of nitrogens with one attached hydrogen (secondary N) is 2. The number of halogens is 1. The molecule has 2 aromatic heterocycles. The number of benzene rings is 2. The van der Waals surface area contributed by atoms with E-state index in [1.165, 1.54) is 0 Å². The Kier molecular flexibility index (Phi) is 11.6. The first-order valence-electron chi connectivity index (χ1n) is 20.4. The number of nitriles is 1. The average Bonchev–Trinajstić information content (AvgIpc) is 3.67. The summed E-state index contributed by atoms with van der Waals surface area (Å²) in [7, 11) is 0. The van der Waals surface area contributed by atoms with Crippen LogP contribution in [0, 0.1) is 23.2 Å². The molecule has 1 aliphatic carbocycles. The number of imide groups is 1. The largest absolute Gasteiger partial charge is 0.490 e. The van der Waals surface area contributed by atoms with E-state index >= 15 is 0 Å². The van der Waals surface area contributed by atoms with E-state index in [1.807, 2.05) is 18.2 Å². The second-order valence-corrected chi connectivity index (χ2v) is 16.5. The summed E-state index contributed by atoms with van der Waals surface area (Å²) >= 11 is 6.16. The summed E-state index contributed by atoms with van der Waals surface area (Å²) in [6.07, 6.45) is 10.2. The first kappa shape index (κ1) is 38.7. The first-order chi connectivity index (χ1) is 27.7. The van der Waals surface area contributed by atoms with Crippen LogP contribution in [0.4, 0.5) is 16.3 Å². The highest BCUT2D eigenvalue weighted by molar-refractivity contribution is 6.31. The van der Waals surface area contributed by atoms with E-state index in [-0.39, 0.29) is 30.0 Å². The number of likely N-dealkylation sites (tertiary alicyclic amines) is 1. The number of carbonyl (C=O) groups is 3. The van der Waals surface area contributed by atoms with Crippen LogP contribution in [0.25, 0.3) is 10.9 Å². The summed E-state index contributed by atoms with van der Waals surface area (Å²) in [5.74, 6) is 2.26. The lowest BCUT2D eigenvalue weighted by atomic mass is 9.88. The number of anilines is 2. The van der Waals surface area contributed by atoms with Gasteiger partial charge >= 0.3 is 6.03 Å². The summed E-state index contributed by atoms with van der Waals surface area (Å²) < 4.78 is 8.46. The van der Waals surface area contributed by atoms with Crippen LogP contribution in [0.3, 0.4) is 0 Å². The van der Waals surface area contributed by atoms with Crippen molar-refractivity contribution in [2.24, 2.45) is 11.8 Å². The highest BCUT2D eigenvalue weighted by Gasteiger charge is 2.31. The van der Waals surface area contributed by atoms with Crippen LogP contribution in [-0.4, -0.2) is 88.9 Å². The van der Waals surface area contributed by atoms with Crippen molar-refractivity contribution in [1.82, 2.24) is 30.3 Å². The Labute approximate surface area is 338 Å². The molecule has 4 aromatic rings. The van der Waals surface area contributed by atoms with Crippen molar-refractivity contribution in [2.75, 3.05) is 49.1 Å². The average molecular weight is 792 g/mol. The predicted octanol–water partition coefficient (Wildman–Crippen LogP) is 6.71. The van der Waals surface area contributed by atoms with Crippen molar-refractivity contribution in [3.8, 4) is 11.8 Å². The van der Waals surface area contributed by atoms with Crippen LogP contribution < -0.4 is 25.2 Å². The summed E-state index contributed by atoms with van der Waals surface area (Å²) in [6, 6.07) is 19.1. The number of nitrogens with zero attached hydrogens (tertiary/aromatic N) is 7. The minimum atomic E-state index is -0.353. The molecule has 13 nitrogen and oxygen atoms in total. The van der Waals surface area contributed by atoms with Crippen LogP contribution in [0.1, 0.15) is 86.8 Å². The molecule has 1 saturated carbocycles. The Hall–Kier alpha value is -5.19. The maximum absolute atomic E-state index is 13.0. The molecule has 298 valence electrons. The number of amides is 4. The Morgan fingerprint density at radius 3 is 2.46 bits per heavy atom. The summed E-state index contributed by atoms with van der Waals surface area (Å²) in [5, 5.41) is 24.9. The van der Waals surface area contributed by atoms with Crippen molar-refractivity contribution in [3.63, 3.8) is 0 Å². The van der Waals surface area contributed by atoms with Crippen LogP contribution >= 0.6 is 11.6 Å². The van der Waals surface area contributed by atoms with Gasteiger partial charge < -0.3 is 24.4 Å². The molecule has 2 aromatic carbocycles. The van der Waals surface area contributed by atoms with E-state index in [0.29, 0.717) is 52.9 Å². The number of fused-ring (bicyclic) bond motifs is 1. The molecule has 4 aliphatic rings. The van der Waals surface area contributed by atoms with Crippen LogP contribution in [0.5, 0.6) is 5.75 Å². The summed E-state index contributed by atoms with van der Waals surface area (Å²) in [6.45, 7) is 7.88. The third kappa shape index (κ3) is 8.72. The molecule has 5 heterocycles. The molecule has 0 bridgehead atoms. The second-order valence-electron chi connectivity index (χ2n) is 16.1. The minimum Gasteiger partial charge on any atom is -0.490 e. The SMILES string of the molecule is CC(C1CCN(CC2CCN(c3ccc(C(=O)N[C@H]4CC[C@H](Oc5ccc(C#N)c(Cl)c5)CC4)nn3)CC2)CC1)n1ccc2c(N3CCC(=O)NC3=O)cccc21. The molecule has 0 radical (unpaired) electrons. The zero-order valence-electron chi connectivity index (χ0n) is 32.4. The zero-order chi connectivity index (χ0) is 39.5. The number of urea groups is 1. The van der Waals surface area contributed by atoms with Gasteiger partial charge in [0.1, 0.15) is 11.8 Å². The van der Waals surface area contributed by atoms with Crippen LogP contribution in [0.2, 0.25) is 5.02 Å². The van der Waals surface area contributed by atoms with Gasteiger partial charge in [0.15, 0.2) is 11.5 Å². The predicted molar refractivity (Wildman–Crippen MR) is 219 cm³/mol. The molecule has 3 saturated heterocycles. The summed E-state index contributed by atoms with van der Waals surface area (Å²) in [5.41, 5.74) is 2.73. The van der Waals surface area contributed by atoms with E-state index < -0.39 is 0 Å². The van der Waals surface area contributed by atoms with E-state index in [0.717, 1.165) is 106 Å². The summed E-state index contributed by atoms with van der Waals surface area (Å²) in [4.78, 5) is 43.9. The third-order valence-electron chi connectivity index (χ3n) is 12.5. The lowest BCUT2D eigenvalue weighted by molar-refractivity contribution is -0.120. The number of piperidine rings is 2. The molecule has 8 rings (SSSR count). The van der Waals surface area contributed by atoms with Gasteiger partial charge in [0.05, 0.1) is 27.9 Å². The van der Waals surface area contributed by atoms with Crippen molar-refractivity contribution in [2.45, 2.75) is 82.9 Å². The van der Waals surface area contributed by atoms with Gasteiger partial charge in [-0.25, -0.2) is 4.79 Å². The zero-order valence-corrected chi connectivity index (χ0v) is 33.2. The topological polar surface area (TPSA) is 149 Å². The quantitative estimate of drug-likeness (QED) is 0.179. The second kappa shape index (κ2) is 17.1. The van der Waals surface area contributed by atoms with Crippen LogP contribution in [0.15, 0.2) is 60.8 Å². The highest BCUT2D eigenvalue weighted by atomic mass is 35.5. The fraction of sp³-hybridized carbons (Fsp3) is 0.488. The van der Waals surface area contributed by atoms with Gasteiger partial charge in [-0.1, -0.05) is 17.7 Å². The molecular formula is C43H50ClN9O4. The van der Waals surface area contributed by atoms with Crippen LogP contribution in [-0.2, 0) is 4.79 Å².